The van der Waals surface area contributed by atoms with Gasteiger partial charge in [-0.1, -0.05) is 18.2 Å². The molecule has 2 aromatic carbocycles. The molecule has 0 bridgehead atoms. The fourth-order valence-electron chi connectivity index (χ4n) is 2.77. The molecule has 0 spiro atoms. The number of nitrogens with one attached hydrogen (secondary N) is 1. The summed E-state index contributed by atoms with van der Waals surface area (Å²) < 4.78 is 15.7. The zero-order chi connectivity index (χ0) is 20.5. The number of hydrogen-bond donors (Lipinski definition) is 1. The van der Waals surface area contributed by atoms with Crippen LogP contribution >= 0.6 is 0 Å². The van der Waals surface area contributed by atoms with Crippen LogP contribution in [0.4, 0.5) is 0 Å². The molecule has 7 nitrogen and oxygen atoms in total. The second-order valence-electron chi connectivity index (χ2n) is 6.08. The molecular formula is C21H26N2O5. The van der Waals surface area contributed by atoms with E-state index in [-0.39, 0.29) is 11.8 Å². The Morgan fingerprint density at radius 3 is 2.04 bits per heavy atom. The zero-order valence-corrected chi connectivity index (χ0v) is 16.7. The lowest BCUT2D eigenvalue weighted by atomic mass is 10.1. The summed E-state index contributed by atoms with van der Waals surface area (Å²) >= 11 is 0. The Labute approximate surface area is 165 Å². The first kappa shape index (κ1) is 21.1. The Bertz CT molecular complexity index is 783. The quantitative estimate of drug-likeness (QED) is 0.717. The van der Waals surface area contributed by atoms with Crippen LogP contribution in [0.1, 0.15) is 22.8 Å². The highest BCUT2D eigenvalue weighted by molar-refractivity contribution is 5.99. The highest BCUT2D eigenvalue weighted by Crippen LogP contribution is 2.27. The number of carbonyl (C=O) groups excluding carboxylic acids is 2. The van der Waals surface area contributed by atoms with Gasteiger partial charge in [-0.2, -0.15) is 0 Å². The molecule has 0 saturated carbocycles. The van der Waals surface area contributed by atoms with Crippen molar-refractivity contribution in [3.05, 3.63) is 53.6 Å². The molecule has 0 aliphatic rings. The minimum Gasteiger partial charge on any atom is -0.497 e. The van der Waals surface area contributed by atoms with Crippen molar-refractivity contribution in [3.63, 3.8) is 0 Å². The summed E-state index contributed by atoms with van der Waals surface area (Å²) in [6.45, 7) is 2.64. The number of nitrogens with zero attached hydrogens (tertiary/aromatic N) is 1. The topological polar surface area (TPSA) is 77.1 Å². The van der Waals surface area contributed by atoms with E-state index >= 15 is 0 Å². The minimum atomic E-state index is -0.317. The van der Waals surface area contributed by atoms with Crippen LogP contribution in [0.25, 0.3) is 0 Å². The Balaban J connectivity index is 1.99. The maximum Gasteiger partial charge on any atom is 0.258 e. The fourth-order valence-corrected chi connectivity index (χ4v) is 2.77. The third-order valence-electron chi connectivity index (χ3n) is 4.30. The number of amides is 2. The summed E-state index contributed by atoms with van der Waals surface area (Å²) in [5.74, 6) is 1.23. The van der Waals surface area contributed by atoms with Crippen LogP contribution < -0.4 is 19.5 Å². The molecule has 0 aromatic heterocycles. The molecule has 7 heteroatoms. The molecule has 2 aromatic rings. The van der Waals surface area contributed by atoms with Gasteiger partial charge in [0.1, 0.15) is 22.8 Å². The molecule has 1 N–H and O–H groups in total. The number of benzene rings is 2. The first-order valence-electron chi connectivity index (χ1n) is 8.87. The average Bonchev–Trinajstić information content (AvgIpc) is 2.72. The van der Waals surface area contributed by atoms with Gasteiger partial charge in [0.15, 0.2) is 0 Å². The van der Waals surface area contributed by atoms with Gasteiger partial charge in [-0.3, -0.25) is 9.59 Å². The maximum absolute atomic E-state index is 12.6. The minimum absolute atomic E-state index is 0.0695. The Hall–Kier alpha value is -3.22. The molecule has 28 heavy (non-hydrogen) atoms. The van der Waals surface area contributed by atoms with Crippen molar-refractivity contribution < 1.29 is 23.8 Å². The molecule has 0 heterocycles. The highest BCUT2D eigenvalue weighted by Gasteiger charge is 2.18. The van der Waals surface area contributed by atoms with E-state index in [1.165, 1.54) is 21.1 Å². The molecule has 0 unspecified atom stereocenters. The van der Waals surface area contributed by atoms with Crippen molar-refractivity contribution in [2.75, 3.05) is 34.4 Å². The van der Waals surface area contributed by atoms with Crippen LogP contribution in [0.5, 0.6) is 17.2 Å². The van der Waals surface area contributed by atoms with Crippen molar-refractivity contribution in [1.82, 2.24) is 10.2 Å². The van der Waals surface area contributed by atoms with Crippen molar-refractivity contribution in [1.29, 1.82) is 0 Å². The van der Waals surface area contributed by atoms with Gasteiger partial charge < -0.3 is 24.4 Å². The van der Waals surface area contributed by atoms with Crippen LogP contribution in [0, 0.1) is 0 Å². The van der Waals surface area contributed by atoms with E-state index in [4.69, 9.17) is 14.2 Å². The lowest BCUT2D eigenvalue weighted by Crippen LogP contribution is -2.37. The number of hydrogen-bond acceptors (Lipinski definition) is 5. The smallest absolute Gasteiger partial charge is 0.258 e. The van der Waals surface area contributed by atoms with Crippen LogP contribution in [0.15, 0.2) is 42.5 Å². The Morgan fingerprint density at radius 2 is 1.54 bits per heavy atom. The third-order valence-corrected chi connectivity index (χ3v) is 4.30. The number of rotatable bonds is 9. The van der Waals surface area contributed by atoms with Crippen molar-refractivity contribution in [2.45, 2.75) is 13.5 Å². The average molecular weight is 386 g/mol. The third kappa shape index (κ3) is 5.39. The molecule has 0 aliphatic carbocycles. The van der Waals surface area contributed by atoms with Gasteiger partial charge in [0.05, 0.1) is 21.3 Å². The lowest BCUT2D eigenvalue weighted by molar-refractivity contribution is -0.129. The van der Waals surface area contributed by atoms with Gasteiger partial charge in [0.2, 0.25) is 5.91 Å². The summed E-state index contributed by atoms with van der Waals surface area (Å²) in [6, 6.07) is 12.7. The van der Waals surface area contributed by atoms with Gasteiger partial charge in [0.25, 0.3) is 5.91 Å². The SMILES string of the molecule is COc1ccc(CN(CCNC(=O)c2c(OC)cccc2OC)C(C)=O)cc1. The lowest BCUT2D eigenvalue weighted by Gasteiger charge is -2.22. The maximum atomic E-state index is 12.6. The second kappa shape index (κ2) is 10.2. The molecule has 0 atom stereocenters. The first-order valence-corrected chi connectivity index (χ1v) is 8.87. The molecule has 2 rings (SSSR count). The van der Waals surface area contributed by atoms with Gasteiger partial charge >= 0.3 is 0 Å². The summed E-state index contributed by atoms with van der Waals surface area (Å²) in [7, 11) is 4.60. The molecule has 150 valence electrons. The van der Waals surface area contributed by atoms with Crippen LogP contribution in [0.3, 0.4) is 0 Å². The molecule has 2 amide bonds. The van der Waals surface area contributed by atoms with Crippen molar-refractivity contribution >= 4 is 11.8 Å². The highest BCUT2D eigenvalue weighted by atomic mass is 16.5. The molecular weight excluding hydrogens is 360 g/mol. The molecule has 0 aliphatic heterocycles. The summed E-state index contributed by atoms with van der Waals surface area (Å²) in [5.41, 5.74) is 1.31. The predicted octanol–water partition coefficient (Wildman–Crippen LogP) is 2.49. The van der Waals surface area contributed by atoms with Gasteiger partial charge in [-0.15, -0.1) is 0 Å². The van der Waals surface area contributed by atoms with E-state index in [1.54, 1.807) is 30.2 Å². The van der Waals surface area contributed by atoms with Gasteiger partial charge in [-0.05, 0) is 29.8 Å². The summed E-state index contributed by atoms with van der Waals surface area (Å²) in [6.07, 6.45) is 0. The second-order valence-corrected chi connectivity index (χ2v) is 6.08. The van der Waals surface area contributed by atoms with Crippen LogP contribution in [-0.2, 0) is 11.3 Å². The zero-order valence-electron chi connectivity index (χ0n) is 16.7. The molecule has 0 saturated heterocycles. The molecule has 0 radical (unpaired) electrons. The number of ether oxygens (including phenoxy) is 3. The first-order chi connectivity index (χ1) is 13.5. The standard InChI is InChI=1S/C21H26N2O5/c1-15(24)23(14-16-8-10-17(26-2)11-9-16)13-12-22-21(25)20-18(27-3)6-5-7-19(20)28-4/h5-11H,12-14H2,1-4H3,(H,22,25). The fraction of sp³-hybridized carbons (Fsp3) is 0.333. The van der Waals surface area contributed by atoms with E-state index in [1.807, 2.05) is 24.3 Å². The molecule has 0 fully saturated rings. The summed E-state index contributed by atoms with van der Waals surface area (Å²) in [4.78, 5) is 26.2. The van der Waals surface area contributed by atoms with E-state index in [0.29, 0.717) is 36.7 Å². The largest absolute Gasteiger partial charge is 0.497 e. The van der Waals surface area contributed by atoms with Crippen molar-refractivity contribution in [2.24, 2.45) is 0 Å². The van der Waals surface area contributed by atoms with Gasteiger partial charge in [0, 0.05) is 26.6 Å². The number of methoxy groups -OCH3 is 3. The predicted molar refractivity (Wildman–Crippen MR) is 106 cm³/mol. The van der Waals surface area contributed by atoms with E-state index in [9.17, 15) is 9.59 Å². The van der Waals surface area contributed by atoms with Crippen LogP contribution in [-0.4, -0.2) is 51.1 Å². The van der Waals surface area contributed by atoms with Crippen molar-refractivity contribution in [3.8, 4) is 17.2 Å². The van der Waals surface area contributed by atoms with E-state index < -0.39 is 0 Å². The Kier molecular flexibility index (Phi) is 7.68. The normalized spacial score (nSPS) is 10.1. The van der Waals surface area contributed by atoms with E-state index in [0.717, 1.165) is 11.3 Å². The van der Waals surface area contributed by atoms with E-state index in [2.05, 4.69) is 5.32 Å². The monoisotopic (exact) mass is 386 g/mol. The van der Waals surface area contributed by atoms with Gasteiger partial charge in [-0.25, -0.2) is 0 Å². The van der Waals surface area contributed by atoms with Crippen LogP contribution in [0.2, 0.25) is 0 Å². The number of carbonyl (C=O) groups is 2. The Morgan fingerprint density at radius 1 is 0.929 bits per heavy atom. The summed E-state index contributed by atoms with van der Waals surface area (Å²) in [5, 5.41) is 2.82.